The molecular weight excluding hydrogens is 512 g/mol. The van der Waals surface area contributed by atoms with Crippen LogP contribution in [0.4, 0.5) is 11.1 Å². The number of imidazole rings is 1. The van der Waals surface area contributed by atoms with Crippen molar-refractivity contribution in [1.29, 1.82) is 0 Å². The Balaban J connectivity index is 1.27. The van der Waals surface area contributed by atoms with Gasteiger partial charge < -0.3 is 19.7 Å². The Morgan fingerprint density at radius 1 is 1.11 bits per heavy atom. The van der Waals surface area contributed by atoms with Gasteiger partial charge in [0.1, 0.15) is 6.04 Å². The number of Topliss-reactive ketones (excluding diaryl/α,β-unsaturated/α-hetero) is 1. The van der Waals surface area contributed by atoms with Crippen LogP contribution in [0.1, 0.15) is 36.0 Å². The number of rotatable bonds is 7. The van der Waals surface area contributed by atoms with Crippen LogP contribution in [-0.2, 0) is 16.6 Å². The number of thiazole rings is 1. The standard InChI is InChI=1S/C26H27ClN6O3S/c1-31(2)24(36)20-5-4-12-33(20)23(35)11-10-21(34)15-6-9-19-18(13-15)28-25(32(19)3)30-26-29-17-8-7-16(27)14-22(17)37-26/h6-9,13-14,20H,4-5,10-12H2,1-3H3,(H,28,29,30)/t20-/m0/s1. The lowest BCUT2D eigenvalue weighted by Gasteiger charge is -2.26. The number of likely N-dealkylation sites (N-methyl/N-ethyl adjacent to an activating group) is 1. The van der Waals surface area contributed by atoms with Gasteiger partial charge in [-0.05, 0) is 49.2 Å². The predicted octanol–water partition coefficient (Wildman–Crippen LogP) is 4.62. The summed E-state index contributed by atoms with van der Waals surface area (Å²) < 4.78 is 2.88. The highest BCUT2D eigenvalue weighted by Crippen LogP contribution is 2.31. The van der Waals surface area contributed by atoms with Crippen LogP contribution in [0.2, 0.25) is 5.02 Å². The van der Waals surface area contributed by atoms with Crippen LogP contribution in [0.5, 0.6) is 0 Å². The third-order valence-corrected chi connectivity index (χ3v) is 7.81. The second-order valence-corrected chi connectivity index (χ2v) is 10.8. The number of fused-ring (bicyclic) bond motifs is 2. The fraction of sp³-hybridized carbons (Fsp3) is 0.346. The molecule has 0 bridgehead atoms. The first-order valence-electron chi connectivity index (χ1n) is 12.0. The minimum Gasteiger partial charge on any atom is -0.347 e. The maximum absolute atomic E-state index is 12.9. The van der Waals surface area contributed by atoms with Crippen molar-refractivity contribution in [2.24, 2.45) is 7.05 Å². The van der Waals surface area contributed by atoms with Crippen molar-refractivity contribution in [2.45, 2.75) is 31.7 Å². The van der Waals surface area contributed by atoms with Gasteiger partial charge in [-0.15, -0.1) is 0 Å². The van der Waals surface area contributed by atoms with Crippen molar-refractivity contribution in [3.05, 3.63) is 47.0 Å². The fourth-order valence-corrected chi connectivity index (χ4v) is 5.80. The minimum atomic E-state index is -0.430. The van der Waals surface area contributed by atoms with Crippen LogP contribution in [0.15, 0.2) is 36.4 Å². The number of carbonyl (C=O) groups excluding carboxylic acids is 3. The summed E-state index contributed by atoms with van der Waals surface area (Å²) in [5.74, 6) is 0.240. The number of aryl methyl sites for hydroxylation is 1. The molecule has 1 N–H and O–H groups in total. The molecule has 2 aromatic carbocycles. The highest BCUT2D eigenvalue weighted by molar-refractivity contribution is 7.22. The van der Waals surface area contributed by atoms with E-state index in [2.05, 4.69) is 15.3 Å². The number of hydrogen-bond donors (Lipinski definition) is 1. The molecule has 11 heteroatoms. The molecule has 0 saturated carbocycles. The molecule has 192 valence electrons. The summed E-state index contributed by atoms with van der Waals surface area (Å²) in [6, 6.07) is 10.5. The van der Waals surface area contributed by atoms with Gasteiger partial charge in [-0.1, -0.05) is 22.9 Å². The molecule has 1 aliphatic heterocycles. The normalized spacial score (nSPS) is 15.5. The van der Waals surface area contributed by atoms with Gasteiger partial charge in [-0.2, -0.15) is 0 Å². The van der Waals surface area contributed by atoms with Crippen LogP contribution < -0.4 is 5.32 Å². The lowest BCUT2D eigenvalue weighted by molar-refractivity contribution is -0.142. The Morgan fingerprint density at radius 2 is 1.92 bits per heavy atom. The SMILES string of the molecule is CN(C)C(=O)[C@@H]1CCCN1C(=O)CCC(=O)c1ccc2c(c1)nc(Nc1nc3ccc(Cl)cc3s1)n2C. The molecule has 0 radical (unpaired) electrons. The molecule has 1 fully saturated rings. The lowest BCUT2D eigenvalue weighted by Crippen LogP contribution is -2.45. The Kier molecular flexibility index (Phi) is 6.87. The molecule has 3 heterocycles. The number of nitrogens with zero attached hydrogens (tertiary/aromatic N) is 5. The van der Waals surface area contributed by atoms with E-state index in [1.165, 1.54) is 16.2 Å². The summed E-state index contributed by atoms with van der Waals surface area (Å²) in [5.41, 5.74) is 2.88. The van der Waals surface area contributed by atoms with E-state index < -0.39 is 6.04 Å². The van der Waals surface area contributed by atoms with Crippen LogP contribution in [0, 0.1) is 0 Å². The highest BCUT2D eigenvalue weighted by Gasteiger charge is 2.34. The third kappa shape index (κ3) is 5.03. The summed E-state index contributed by atoms with van der Waals surface area (Å²) in [6.45, 7) is 0.550. The van der Waals surface area contributed by atoms with E-state index >= 15 is 0 Å². The van der Waals surface area contributed by atoms with E-state index in [0.29, 0.717) is 40.1 Å². The van der Waals surface area contributed by atoms with E-state index in [4.69, 9.17) is 11.6 Å². The number of likely N-dealkylation sites (tertiary alicyclic amines) is 1. The first kappa shape index (κ1) is 25.2. The van der Waals surface area contributed by atoms with Gasteiger partial charge in [0, 0.05) is 51.1 Å². The van der Waals surface area contributed by atoms with Gasteiger partial charge in [-0.3, -0.25) is 14.4 Å². The van der Waals surface area contributed by atoms with Crippen molar-refractivity contribution in [3.63, 3.8) is 0 Å². The van der Waals surface area contributed by atoms with Gasteiger partial charge in [0.05, 0.1) is 21.3 Å². The third-order valence-electron chi connectivity index (χ3n) is 6.64. The summed E-state index contributed by atoms with van der Waals surface area (Å²) in [6.07, 6.45) is 1.61. The molecule has 0 unspecified atom stereocenters. The van der Waals surface area contributed by atoms with Crippen LogP contribution in [-0.4, -0.2) is 68.6 Å². The molecule has 1 atom stereocenters. The molecule has 1 aliphatic rings. The number of amides is 2. The van der Waals surface area contributed by atoms with E-state index in [1.54, 1.807) is 37.2 Å². The number of ketones is 1. The number of anilines is 2. The van der Waals surface area contributed by atoms with Crippen molar-refractivity contribution in [3.8, 4) is 0 Å². The number of aromatic nitrogens is 3. The summed E-state index contributed by atoms with van der Waals surface area (Å²) in [7, 11) is 5.27. The molecule has 0 aliphatic carbocycles. The Hall–Kier alpha value is -3.50. The molecule has 2 amide bonds. The quantitative estimate of drug-likeness (QED) is 0.345. The topological polar surface area (TPSA) is 100 Å². The molecule has 37 heavy (non-hydrogen) atoms. The first-order valence-corrected chi connectivity index (χ1v) is 13.2. The van der Waals surface area contributed by atoms with Crippen molar-refractivity contribution < 1.29 is 14.4 Å². The largest absolute Gasteiger partial charge is 0.347 e. The monoisotopic (exact) mass is 538 g/mol. The van der Waals surface area contributed by atoms with E-state index in [1.807, 2.05) is 29.8 Å². The molecule has 9 nitrogen and oxygen atoms in total. The predicted molar refractivity (Wildman–Crippen MR) is 146 cm³/mol. The Morgan fingerprint density at radius 3 is 2.70 bits per heavy atom. The van der Waals surface area contributed by atoms with E-state index in [9.17, 15) is 14.4 Å². The molecule has 5 rings (SSSR count). The summed E-state index contributed by atoms with van der Waals surface area (Å²) in [4.78, 5) is 50.5. The molecule has 2 aromatic heterocycles. The maximum Gasteiger partial charge on any atom is 0.244 e. The Bertz CT molecular complexity index is 1530. The zero-order chi connectivity index (χ0) is 26.3. The van der Waals surface area contributed by atoms with E-state index in [-0.39, 0.29) is 30.4 Å². The van der Waals surface area contributed by atoms with Crippen molar-refractivity contribution in [1.82, 2.24) is 24.3 Å². The fourth-order valence-electron chi connectivity index (χ4n) is 4.66. The maximum atomic E-state index is 12.9. The van der Waals surface area contributed by atoms with Gasteiger partial charge in [0.15, 0.2) is 10.9 Å². The number of benzene rings is 2. The molecule has 4 aromatic rings. The van der Waals surface area contributed by atoms with Crippen LogP contribution in [0.3, 0.4) is 0 Å². The van der Waals surface area contributed by atoms with Gasteiger partial charge in [0.2, 0.25) is 17.8 Å². The minimum absolute atomic E-state index is 0.0724. The number of halogens is 1. The van der Waals surface area contributed by atoms with E-state index in [0.717, 1.165) is 22.2 Å². The summed E-state index contributed by atoms with van der Waals surface area (Å²) in [5, 5.41) is 4.61. The Labute approximate surface area is 223 Å². The smallest absolute Gasteiger partial charge is 0.244 e. The zero-order valence-electron chi connectivity index (χ0n) is 20.8. The van der Waals surface area contributed by atoms with Crippen LogP contribution in [0.25, 0.3) is 21.3 Å². The molecule has 1 saturated heterocycles. The summed E-state index contributed by atoms with van der Waals surface area (Å²) >= 11 is 7.57. The average Bonchev–Trinajstić information content (AvgIpc) is 3.59. The molecular formula is C26H27ClN6O3S. The number of hydrogen-bond acceptors (Lipinski definition) is 7. The highest BCUT2D eigenvalue weighted by atomic mass is 35.5. The van der Waals surface area contributed by atoms with Crippen molar-refractivity contribution >= 4 is 72.9 Å². The van der Waals surface area contributed by atoms with Crippen LogP contribution >= 0.6 is 22.9 Å². The van der Waals surface area contributed by atoms with Gasteiger partial charge in [-0.25, -0.2) is 9.97 Å². The average molecular weight is 539 g/mol. The second kappa shape index (κ2) is 10.1. The lowest BCUT2D eigenvalue weighted by atomic mass is 10.1. The molecule has 0 spiro atoms. The zero-order valence-corrected chi connectivity index (χ0v) is 22.4. The van der Waals surface area contributed by atoms with Gasteiger partial charge in [0.25, 0.3) is 0 Å². The second-order valence-electron chi connectivity index (χ2n) is 9.35. The number of carbonyl (C=O) groups is 3. The van der Waals surface area contributed by atoms with Gasteiger partial charge >= 0.3 is 0 Å². The number of nitrogens with one attached hydrogen (secondary N) is 1. The van der Waals surface area contributed by atoms with Crippen molar-refractivity contribution in [2.75, 3.05) is 26.0 Å². The first-order chi connectivity index (χ1) is 17.7.